The minimum absolute atomic E-state index is 0.771. The third-order valence-electron chi connectivity index (χ3n) is 5.77. The Morgan fingerprint density at radius 2 is 2.00 bits per heavy atom. The molecule has 0 bridgehead atoms. The van der Waals surface area contributed by atoms with Gasteiger partial charge >= 0.3 is 0 Å². The maximum atomic E-state index is 5.03. The lowest BCUT2D eigenvalue weighted by atomic mass is 9.95. The molecule has 2 fully saturated rings. The van der Waals surface area contributed by atoms with Gasteiger partial charge in [-0.3, -0.25) is 0 Å². The van der Waals surface area contributed by atoms with Crippen LogP contribution in [0.3, 0.4) is 0 Å². The van der Waals surface area contributed by atoms with Gasteiger partial charge in [-0.15, -0.1) is 0 Å². The SMILES string of the molecule is C1=C(c2cc(N3CC(CN4CCCC4)C3)c3nonc3c2)CCCN1. The number of benzene rings is 1. The van der Waals surface area contributed by atoms with Gasteiger partial charge in [0, 0.05) is 38.3 Å². The summed E-state index contributed by atoms with van der Waals surface area (Å²) in [4.78, 5) is 5.05. The largest absolute Gasteiger partial charge is 0.391 e. The molecule has 0 spiro atoms. The van der Waals surface area contributed by atoms with Gasteiger partial charge in [-0.2, -0.15) is 0 Å². The van der Waals surface area contributed by atoms with Crippen LogP contribution in [0.2, 0.25) is 0 Å². The fraction of sp³-hybridized carbons (Fsp3) is 0.579. The highest BCUT2D eigenvalue weighted by Gasteiger charge is 2.31. The second kappa shape index (κ2) is 6.33. The van der Waals surface area contributed by atoms with Crippen LogP contribution in [0.15, 0.2) is 23.0 Å². The van der Waals surface area contributed by atoms with Crippen LogP contribution in [0.25, 0.3) is 16.6 Å². The molecular weight excluding hydrogens is 314 g/mol. The molecule has 0 amide bonds. The van der Waals surface area contributed by atoms with E-state index in [9.17, 15) is 0 Å². The zero-order valence-corrected chi connectivity index (χ0v) is 14.6. The first-order valence-electron chi connectivity index (χ1n) is 9.53. The van der Waals surface area contributed by atoms with Crippen LogP contribution < -0.4 is 10.2 Å². The van der Waals surface area contributed by atoms with E-state index in [2.05, 4.69) is 43.8 Å². The van der Waals surface area contributed by atoms with Crippen molar-refractivity contribution in [3.05, 3.63) is 23.9 Å². The quantitative estimate of drug-likeness (QED) is 0.923. The summed E-state index contributed by atoms with van der Waals surface area (Å²) in [5.74, 6) is 0.771. The minimum Gasteiger partial charge on any atom is -0.391 e. The number of allylic oxidation sites excluding steroid dienone is 1. The second-order valence-corrected chi connectivity index (χ2v) is 7.63. The topological polar surface area (TPSA) is 57.4 Å². The van der Waals surface area contributed by atoms with E-state index in [1.54, 1.807) is 0 Å². The van der Waals surface area contributed by atoms with Crippen molar-refractivity contribution >= 4 is 22.3 Å². The standard InChI is InChI=1S/C19H25N5O/c1-2-7-23(6-1)11-14-12-24(13-14)18-9-16(15-4-3-5-20-10-15)8-17-19(18)22-25-21-17/h8-10,14,20H,1-7,11-13H2. The lowest BCUT2D eigenvalue weighted by molar-refractivity contribution is 0.247. The number of nitrogens with one attached hydrogen (secondary N) is 1. The van der Waals surface area contributed by atoms with Gasteiger partial charge in [0.2, 0.25) is 0 Å². The Morgan fingerprint density at radius 3 is 2.80 bits per heavy atom. The third-order valence-corrected chi connectivity index (χ3v) is 5.77. The number of fused-ring (bicyclic) bond motifs is 1. The third kappa shape index (κ3) is 2.88. The number of hydrogen-bond acceptors (Lipinski definition) is 6. The highest BCUT2D eigenvalue weighted by molar-refractivity contribution is 5.92. The molecule has 0 atom stereocenters. The second-order valence-electron chi connectivity index (χ2n) is 7.63. The van der Waals surface area contributed by atoms with Gasteiger partial charge < -0.3 is 15.1 Å². The summed E-state index contributed by atoms with van der Waals surface area (Å²) in [7, 11) is 0. The average Bonchev–Trinajstić information content (AvgIpc) is 3.29. The van der Waals surface area contributed by atoms with E-state index in [0.717, 1.165) is 43.0 Å². The first-order valence-corrected chi connectivity index (χ1v) is 9.53. The zero-order chi connectivity index (χ0) is 16.6. The molecule has 5 rings (SSSR count). The van der Waals surface area contributed by atoms with Gasteiger partial charge in [-0.25, -0.2) is 4.63 Å². The lowest BCUT2D eigenvalue weighted by Crippen LogP contribution is -2.51. The first kappa shape index (κ1) is 15.2. The monoisotopic (exact) mass is 339 g/mol. The predicted octanol–water partition coefficient (Wildman–Crippen LogP) is 2.48. The van der Waals surface area contributed by atoms with Gasteiger partial charge in [0.1, 0.15) is 5.52 Å². The van der Waals surface area contributed by atoms with Crippen LogP contribution in [0, 0.1) is 5.92 Å². The summed E-state index contributed by atoms with van der Waals surface area (Å²) in [5, 5.41) is 11.6. The van der Waals surface area contributed by atoms with Gasteiger partial charge in [-0.1, -0.05) is 0 Å². The van der Waals surface area contributed by atoms with E-state index in [4.69, 9.17) is 4.63 Å². The molecule has 3 aliphatic heterocycles. The molecule has 25 heavy (non-hydrogen) atoms. The summed E-state index contributed by atoms with van der Waals surface area (Å²) in [6, 6.07) is 4.38. The number of rotatable bonds is 4. The van der Waals surface area contributed by atoms with Gasteiger partial charge in [0.25, 0.3) is 0 Å². The predicted molar refractivity (Wildman–Crippen MR) is 98.4 cm³/mol. The van der Waals surface area contributed by atoms with Gasteiger partial charge in [0.15, 0.2) is 5.52 Å². The van der Waals surface area contributed by atoms with Crippen LogP contribution in [-0.2, 0) is 0 Å². The molecule has 0 radical (unpaired) electrons. The summed E-state index contributed by atoms with van der Waals surface area (Å²) in [6.07, 6.45) is 7.17. The van der Waals surface area contributed by atoms with Crippen molar-refractivity contribution < 1.29 is 4.63 Å². The molecule has 0 saturated carbocycles. The molecule has 1 aromatic heterocycles. The van der Waals surface area contributed by atoms with Crippen LogP contribution in [0.4, 0.5) is 5.69 Å². The number of anilines is 1. The molecule has 6 heteroatoms. The normalized spacial score (nSPS) is 22.1. The van der Waals surface area contributed by atoms with Crippen molar-refractivity contribution in [2.45, 2.75) is 25.7 Å². The van der Waals surface area contributed by atoms with Crippen LogP contribution in [-0.4, -0.2) is 54.5 Å². The molecule has 3 aliphatic rings. The number of aromatic nitrogens is 2. The smallest absolute Gasteiger partial charge is 0.158 e. The summed E-state index contributed by atoms with van der Waals surface area (Å²) >= 11 is 0. The molecule has 132 valence electrons. The maximum Gasteiger partial charge on any atom is 0.158 e. The Hall–Kier alpha value is -2.08. The van der Waals surface area contributed by atoms with Gasteiger partial charge in [0.05, 0.1) is 5.69 Å². The fourth-order valence-electron chi connectivity index (χ4n) is 4.39. The molecule has 0 aliphatic carbocycles. The molecule has 4 heterocycles. The Kier molecular flexibility index (Phi) is 3.85. The van der Waals surface area contributed by atoms with Crippen LogP contribution in [0.5, 0.6) is 0 Å². The number of nitrogens with zero attached hydrogens (tertiary/aromatic N) is 4. The van der Waals surface area contributed by atoms with Crippen molar-refractivity contribution in [3.63, 3.8) is 0 Å². The van der Waals surface area contributed by atoms with Crippen LogP contribution in [0.1, 0.15) is 31.2 Å². The van der Waals surface area contributed by atoms with E-state index in [0.29, 0.717) is 0 Å². The van der Waals surface area contributed by atoms with Crippen LogP contribution >= 0.6 is 0 Å². The number of likely N-dealkylation sites (tertiary alicyclic amines) is 1. The molecule has 1 aromatic carbocycles. The summed E-state index contributed by atoms with van der Waals surface area (Å²) in [6.45, 7) is 7.09. The Balaban J connectivity index is 1.37. The fourth-order valence-corrected chi connectivity index (χ4v) is 4.39. The van der Waals surface area contributed by atoms with Crippen molar-refractivity contribution in [1.82, 2.24) is 20.5 Å². The molecule has 0 unspecified atom stereocenters. The van der Waals surface area contributed by atoms with E-state index >= 15 is 0 Å². The molecule has 2 saturated heterocycles. The average molecular weight is 339 g/mol. The molecular formula is C19H25N5O. The Bertz CT molecular complexity index is 786. The van der Waals surface area contributed by atoms with Crippen molar-refractivity contribution in [1.29, 1.82) is 0 Å². The lowest BCUT2D eigenvalue weighted by Gasteiger charge is -2.42. The van der Waals surface area contributed by atoms with Crippen molar-refractivity contribution in [2.24, 2.45) is 5.92 Å². The highest BCUT2D eigenvalue weighted by atomic mass is 16.6. The van der Waals surface area contributed by atoms with E-state index in [-0.39, 0.29) is 0 Å². The van der Waals surface area contributed by atoms with E-state index < -0.39 is 0 Å². The number of hydrogen-bond donors (Lipinski definition) is 1. The molecule has 6 nitrogen and oxygen atoms in total. The van der Waals surface area contributed by atoms with Crippen molar-refractivity contribution in [3.8, 4) is 0 Å². The van der Waals surface area contributed by atoms with E-state index in [1.165, 1.54) is 55.7 Å². The minimum atomic E-state index is 0.771. The van der Waals surface area contributed by atoms with Crippen molar-refractivity contribution in [2.75, 3.05) is 44.2 Å². The Labute approximate surface area is 147 Å². The van der Waals surface area contributed by atoms with E-state index in [1.807, 2.05) is 0 Å². The summed E-state index contributed by atoms with van der Waals surface area (Å²) in [5.41, 5.74) is 5.53. The zero-order valence-electron chi connectivity index (χ0n) is 14.6. The maximum absolute atomic E-state index is 5.03. The molecule has 1 N–H and O–H groups in total. The molecule has 2 aromatic rings. The first-order chi connectivity index (χ1) is 12.4. The highest BCUT2D eigenvalue weighted by Crippen LogP contribution is 2.35. The van der Waals surface area contributed by atoms with Gasteiger partial charge in [-0.05, 0) is 72.4 Å². The summed E-state index contributed by atoms with van der Waals surface area (Å²) < 4.78 is 5.03. The Morgan fingerprint density at radius 1 is 1.12 bits per heavy atom.